The minimum Gasteiger partial charge on any atom is -0.464 e. The predicted molar refractivity (Wildman–Crippen MR) is 345 cm³/mol. The smallest absolute Gasteiger partial charge is 0.464 e. The van der Waals surface area contributed by atoms with Crippen LogP contribution >= 0.6 is 22.7 Å². The molecule has 6 aliphatic heterocycles. The van der Waals surface area contributed by atoms with Crippen LogP contribution < -0.4 is 31.3 Å². The highest BCUT2D eigenvalue weighted by Gasteiger charge is 2.56. The molecule has 0 radical (unpaired) electrons. The van der Waals surface area contributed by atoms with Crippen LogP contribution in [0.1, 0.15) is 180 Å². The number of halogens is 2. The zero-order valence-corrected chi connectivity index (χ0v) is 54.7. The molecule has 0 spiro atoms. The first-order chi connectivity index (χ1) is 41.3. The Hall–Kier alpha value is -5.31. The number of hydrogen-bond donors (Lipinski definition) is 0. The van der Waals surface area contributed by atoms with E-state index >= 15 is 8.78 Å². The van der Waals surface area contributed by atoms with Gasteiger partial charge < -0.3 is 46.7 Å². The maximum Gasteiger partial charge on any atom is 0.495 e. The molecule has 21 heteroatoms. The Bertz CT molecular complexity index is 3850. The number of thiophene rings is 1. The van der Waals surface area contributed by atoms with Crippen molar-refractivity contribution in [2.75, 3.05) is 0 Å². The highest BCUT2D eigenvalue weighted by atomic mass is 32.1. The van der Waals surface area contributed by atoms with E-state index in [1.165, 1.54) is 42.7 Å². The molecule has 88 heavy (non-hydrogen) atoms. The van der Waals surface area contributed by atoms with Crippen molar-refractivity contribution in [3.63, 3.8) is 0 Å². The van der Waals surface area contributed by atoms with E-state index < -0.39 is 85.7 Å². The Morgan fingerprint density at radius 1 is 0.409 bits per heavy atom. The van der Waals surface area contributed by atoms with E-state index in [0.29, 0.717) is 45.4 Å². The third-order valence-electron chi connectivity index (χ3n) is 21.0. The van der Waals surface area contributed by atoms with Gasteiger partial charge in [-0.15, -0.1) is 22.7 Å². The van der Waals surface area contributed by atoms with E-state index in [1.54, 1.807) is 22.7 Å². The molecule has 2 saturated carbocycles. The Labute approximate surface area is 523 Å². The first kappa shape index (κ1) is 59.0. The first-order valence-electron chi connectivity index (χ1n) is 31.1. The summed E-state index contributed by atoms with van der Waals surface area (Å²) in [5.74, 6) is 1.36. The van der Waals surface area contributed by atoms with Crippen LogP contribution in [0.3, 0.4) is 0 Å². The second-order valence-electron chi connectivity index (χ2n) is 29.4. The standard InChI is InChI=1S/C34H38B2FNO5S.C33H37B2FN2O5S/c1-31(2)32(3,4)41-35(40-31)21-11-12-24-20(15-21)16-25-29-23(37)17-22(36-42-33(5,6)34(7,8)43-36)18-26(29)39-30(38(24)25)28-14-13-27(44-28)19-9-10-19;1-30(2)31(3,4)41-34(40-30)20-11-12-23-19(13-20)14-24-27-22(36)15-21(35-42-32(5,6)33(7,8)43-35)16-25(27)39-29(38(23)24)26-17-37-28(44-26)18-9-10-18/h11-19,30H,9-10H2,1-8H3;11-18,29H,9-10H2,1-8H3/t30-;29-/m00/s1. The monoisotopic (exact) mass is 1230 g/mol. The molecule has 4 saturated heterocycles. The fourth-order valence-electron chi connectivity index (χ4n) is 12.5. The van der Waals surface area contributed by atoms with Crippen LogP contribution in [0.15, 0.2) is 91.1 Å². The number of hydrogen-bond acceptors (Lipinski definition) is 13. The molecule has 0 bridgehead atoms. The number of nitrogens with zero attached hydrogens (tertiary/aromatic N) is 3. The Balaban J connectivity index is 0.000000148. The van der Waals surface area contributed by atoms with Crippen LogP contribution in [0.4, 0.5) is 8.78 Å². The summed E-state index contributed by atoms with van der Waals surface area (Å²) in [6, 6.07) is 27.7. The summed E-state index contributed by atoms with van der Waals surface area (Å²) in [5, 5.41) is 3.06. The quantitative estimate of drug-likeness (QED) is 0.135. The molecule has 8 aromatic rings. The van der Waals surface area contributed by atoms with Crippen LogP contribution in [0.2, 0.25) is 0 Å². The number of thiazole rings is 1. The van der Waals surface area contributed by atoms with E-state index in [-0.39, 0.29) is 11.6 Å². The van der Waals surface area contributed by atoms with Gasteiger partial charge in [0.2, 0.25) is 12.5 Å². The highest BCUT2D eigenvalue weighted by Crippen LogP contribution is 2.52. The minimum atomic E-state index is -0.707. The fourth-order valence-corrected chi connectivity index (χ4v) is 14.8. The molecule has 2 atom stereocenters. The molecule has 8 aliphatic rings. The summed E-state index contributed by atoms with van der Waals surface area (Å²) in [4.78, 5) is 8.20. The Kier molecular flexibility index (Phi) is 13.2. The van der Waals surface area contributed by atoms with E-state index in [4.69, 9.17) is 51.7 Å². The van der Waals surface area contributed by atoms with Crippen LogP contribution in [-0.2, 0) is 37.2 Å². The van der Waals surface area contributed by atoms with Crippen molar-refractivity contribution in [2.45, 2.75) is 206 Å². The SMILES string of the molecule is CC1(C)OB(c2cc(F)c3c(c2)O[C@@H](c2ccc(C4CC4)s2)n2c-3cc3cc(B4OC(C)(C)C(C)(C)O4)ccc32)OC1(C)C.CC1(C)OB(c2cc(F)c3c(c2)O[C@@H](c2cnc(C4CC4)s2)n2c-3cc3cc(B4OC(C)(C)C(C)(C)O4)ccc32)OC1(C)C. The maximum absolute atomic E-state index is 16.3. The summed E-state index contributed by atoms with van der Waals surface area (Å²) in [7, 11) is -2.39. The van der Waals surface area contributed by atoms with Gasteiger partial charge in [0, 0.05) is 27.8 Å². The van der Waals surface area contributed by atoms with E-state index in [0.717, 1.165) is 58.9 Å². The van der Waals surface area contributed by atoms with Gasteiger partial charge in [0.1, 0.15) is 23.1 Å². The molecule has 10 heterocycles. The molecule has 6 fully saturated rings. The number of rotatable bonds is 8. The Morgan fingerprint density at radius 3 is 1.16 bits per heavy atom. The number of ether oxygens (including phenoxy) is 2. The molecule has 0 N–H and O–H groups in total. The van der Waals surface area contributed by atoms with Crippen molar-refractivity contribution in [1.82, 2.24) is 14.1 Å². The number of benzene rings is 4. The van der Waals surface area contributed by atoms with E-state index in [9.17, 15) is 0 Å². The lowest BCUT2D eigenvalue weighted by molar-refractivity contribution is 0.00578. The van der Waals surface area contributed by atoms with E-state index in [2.05, 4.69) is 79.3 Å². The highest BCUT2D eigenvalue weighted by molar-refractivity contribution is 7.12. The van der Waals surface area contributed by atoms with Gasteiger partial charge in [0.05, 0.1) is 93.1 Å². The van der Waals surface area contributed by atoms with E-state index in [1.807, 2.05) is 120 Å². The maximum atomic E-state index is 16.3. The van der Waals surface area contributed by atoms with Crippen molar-refractivity contribution in [2.24, 2.45) is 0 Å². The molecule has 0 amide bonds. The summed E-state index contributed by atoms with van der Waals surface area (Å²) < 4.78 is 101. The first-order valence-corrected chi connectivity index (χ1v) is 32.7. The molecule has 456 valence electrons. The zero-order chi connectivity index (χ0) is 61.9. The molecule has 13 nitrogen and oxygen atoms in total. The van der Waals surface area contributed by atoms with Gasteiger partial charge in [-0.2, -0.15) is 0 Å². The van der Waals surface area contributed by atoms with Crippen molar-refractivity contribution in [1.29, 1.82) is 0 Å². The topological polar surface area (TPSA) is 115 Å². The normalized spacial score (nSPS) is 24.4. The molecular weight excluding hydrogens is 1150 g/mol. The van der Waals surface area contributed by atoms with Crippen molar-refractivity contribution < 1.29 is 55.5 Å². The third kappa shape index (κ3) is 9.46. The van der Waals surface area contributed by atoms with Gasteiger partial charge in [0.15, 0.2) is 0 Å². The van der Waals surface area contributed by atoms with Crippen LogP contribution in [0.25, 0.3) is 44.3 Å². The van der Waals surface area contributed by atoms with Crippen LogP contribution in [-0.4, -0.2) is 87.4 Å². The zero-order valence-electron chi connectivity index (χ0n) is 53.1. The number of fused-ring (bicyclic) bond motifs is 10. The van der Waals surface area contributed by atoms with Gasteiger partial charge in [-0.05, 0) is 225 Å². The summed E-state index contributed by atoms with van der Waals surface area (Å²) in [6.45, 7) is 32.4. The summed E-state index contributed by atoms with van der Waals surface area (Å²) in [6.07, 6.45) is 5.77. The van der Waals surface area contributed by atoms with Crippen LogP contribution in [0.5, 0.6) is 11.5 Å². The van der Waals surface area contributed by atoms with Crippen molar-refractivity contribution in [3.05, 3.63) is 122 Å². The van der Waals surface area contributed by atoms with Crippen LogP contribution in [0, 0.1) is 11.6 Å². The number of aromatic nitrogens is 3. The second kappa shape index (κ2) is 19.6. The summed E-state index contributed by atoms with van der Waals surface area (Å²) >= 11 is 3.46. The van der Waals surface area contributed by atoms with Gasteiger partial charge in [-0.25, -0.2) is 13.8 Å². The average Bonchev–Trinajstić information content (AvgIpc) is 1.54. The fraction of sp³-hybridized carbons (Fsp3) is 0.478. The Morgan fingerprint density at radius 2 is 0.773 bits per heavy atom. The average molecular weight is 1230 g/mol. The van der Waals surface area contributed by atoms with Crippen molar-refractivity contribution >= 4 is 94.8 Å². The lowest BCUT2D eigenvalue weighted by Crippen LogP contribution is -2.41. The predicted octanol–water partition coefficient (Wildman–Crippen LogP) is 13.2. The lowest BCUT2D eigenvalue weighted by atomic mass is 9.78. The van der Waals surface area contributed by atoms with Gasteiger partial charge >= 0.3 is 28.5 Å². The molecule has 4 aromatic carbocycles. The molecule has 4 aromatic heterocycles. The minimum absolute atomic E-state index is 0.370. The molecular formula is C67H75B4F2N3O10S2. The molecule has 2 aliphatic carbocycles. The third-order valence-corrected chi connectivity index (χ3v) is 23.5. The molecule has 0 unspecified atom stereocenters. The van der Waals surface area contributed by atoms with Gasteiger partial charge in [-0.3, -0.25) is 9.13 Å². The largest absolute Gasteiger partial charge is 0.495 e. The van der Waals surface area contributed by atoms with Gasteiger partial charge in [0.25, 0.3) is 0 Å². The van der Waals surface area contributed by atoms with Gasteiger partial charge in [-0.1, -0.05) is 24.3 Å². The lowest BCUT2D eigenvalue weighted by Gasteiger charge is -2.32. The second-order valence-corrected chi connectivity index (χ2v) is 31.6. The van der Waals surface area contributed by atoms with Crippen molar-refractivity contribution in [3.8, 4) is 34.0 Å². The summed E-state index contributed by atoms with van der Waals surface area (Å²) in [5.41, 5.74) is 3.38. The molecule has 16 rings (SSSR count).